The van der Waals surface area contributed by atoms with E-state index in [9.17, 15) is 14.4 Å². The highest BCUT2D eigenvalue weighted by Crippen LogP contribution is 2.42. The summed E-state index contributed by atoms with van der Waals surface area (Å²) in [5, 5.41) is 5.87. The van der Waals surface area contributed by atoms with Gasteiger partial charge in [-0.2, -0.15) is 0 Å². The quantitative estimate of drug-likeness (QED) is 0.708. The number of anilines is 1. The van der Waals surface area contributed by atoms with E-state index in [4.69, 9.17) is 9.47 Å². The van der Waals surface area contributed by atoms with Crippen molar-refractivity contribution < 1.29 is 28.2 Å². The number of rotatable bonds is 4. The monoisotopic (exact) mass is 458 g/mol. The Kier molecular flexibility index (Phi) is 5.69. The normalized spacial score (nSPS) is 26.2. The van der Waals surface area contributed by atoms with Crippen LogP contribution in [0.15, 0.2) is 18.2 Å². The van der Waals surface area contributed by atoms with Crippen molar-refractivity contribution in [2.45, 2.75) is 44.4 Å². The molecule has 0 saturated carbocycles. The van der Waals surface area contributed by atoms with Gasteiger partial charge in [0.05, 0.1) is 18.3 Å². The van der Waals surface area contributed by atoms with Crippen molar-refractivity contribution in [3.63, 3.8) is 0 Å². The molecule has 176 valence electrons. The molecule has 3 amide bonds. The Morgan fingerprint density at radius 3 is 2.88 bits per heavy atom. The minimum atomic E-state index is -0.585. The first-order valence-corrected chi connectivity index (χ1v) is 11.3. The minimum Gasteiger partial charge on any atom is -0.489 e. The number of benzene rings is 1. The Labute approximate surface area is 190 Å². The lowest BCUT2D eigenvalue weighted by Crippen LogP contribution is -2.47. The third kappa shape index (κ3) is 4.03. The van der Waals surface area contributed by atoms with E-state index >= 15 is 4.39 Å². The summed E-state index contributed by atoms with van der Waals surface area (Å²) >= 11 is 0. The van der Waals surface area contributed by atoms with Gasteiger partial charge >= 0.3 is 6.09 Å². The maximum absolute atomic E-state index is 15.2. The highest BCUT2D eigenvalue weighted by molar-refractivity contribution is 5.94. The molecule has 33 heavy (non-hydrogen) atoms. The average Bonchev–Trinajstić information content (AvgIpc) is 3.45. The lowest BCUT2D eigenvalue weighted by Gasteiger charge is -2.32. The number of carbonyl (C=O) groups is 3. The van der Waals surface area contributed by atoms with Crippen LogP contribution in [0.1, 0.15) is 31.7 Å². The van der Waals surface area contributed by atoms with Gasteiger partial charge in [0.2, 0.25) is 11.8 Å². The molecule has 0 unspecified atom stereocenters. The van der Waals surface area contributed by atoms with Crippen molar-refractivity contribution in [2.75, 3.05) is 37.7 Å². The maximum Gasteiger partial charge on any atom is 0.415 e. The second-order valence-electron chi connectivity index (χ2n) is 8.82. The summed E-state index contributed by atoms with van der Waals surface area (Å²) < 4.78 is 26.5. The predicted octanol–water partition coefficient (Wildman–Crippen LogP) is 1.42. The fourth-order valence-electron chi connectivity index (χ4n) is 4.95. The molecule has 2 fully saturated rings. The number of hydrogen-bond donors (Lipinski definition) is 2. The van der Waals surface area contributed by atoms with Crippen molar-refractivity contribution in [2.24, 2.45) is 0 Å². The van der Waals surface area contributed by atoms with Crippen LogP contribution in [0.2, 0.25) is 0 Å². The number of cyclic esters (lactones) is 1. The van der Waals surface area contributed by atoms with Gasteiger partial charge in [-0.25, -0.2) is 9.18 Å². The summed E-state index contributed by atoms with van der Waals surface area (Å²) in [6.45, 7) is 3.58. The van der Waals surface area contributed by atoms with Crippen LogP contribution in [0, 0.1) is 5.82 Å². The summed E-state index contributed by atoms with van der Waals surface area (Å²) in [7, 11) is 0. The molecule has 4 heterocycles. The number of halogens is 1. The van der Waals surface area contributed by atoms with E-state index in [1.807, 2.05) is 6.08 Å². The molecule has 0 spiro atoms. The molecular formula is C23H27FN4O5. The van der Waals surface area contributed by atoms with Crippen LogP contribution in [-0.2, 0) is 14.3 Å². The topological polar surface area (TPSA) is 100 Å². The molecule has 0 bridgehead atoms. The molecule has 10 heteroatoms. The van der Waals surface area contributed by atoms with Crippen molar-refractivity contribution in [3.8, 4) is 5.75 Å². The van der Waals surface area contributed by atoms with Crippen molar-refractivity contribution in [1.29, 1.82) is 0 Å². The van der Waals surface area contributed by atoms with Gasteiger partial charge in [-0.05, 0) is 37.4 Å². The first-order chi connectivity index (χ1) is 15.9. The highest BCUT2D eigenvalue weighted by Gasteiger charge is 2.47. The Bertz CT molecular complexity index is 1020. The summed E-state index contributed by atoms with van der Waals surface area (Å²) in [5.41, 5.74) is 1.56. The average molecular weight is 458 g/mol. The molecule has 4 aliphatic heterocycles. The molecule has 5 rings (SSSR count). The molecule has 2 N–H and O–H groups in total. The summed E-state index contributed by atoms with van der Waals surface area (Å²) in [6.07, 6.45) is 3.14. The van der Waals surface area contributed by atoms with Crippen molar-refractivity contribution in [1.82, 2.24) is 15.5 Å². The number of ether oxygens (including phenoxy) is 2. The molecule has 0 radical (unpaired) electrons. The second-order valence-corrected chi connectivity index (χ2v) is 8.82. The first-order valence-electron chi connectivity index (χ1n) is 11.3. The largest absolute Gasteiger partial charge is 0.489 e. The molecule has 2 saturated heterocycles. The smallest absolute Gasteiger partial charge is 0.415 e. The van der Waals surface area contributed by atoms with Crippen LogP contribution in [0.3, 0.4) is 0 Å². The third-order valence-corrected chi connectivity index (χ3v) is 6.70. The Balaban J connectivity index is 1.33. The molecule has 0 aliphatic carbocycles. The molecule has 0 aromatic heterocycles. The number of hydrogen-bond acceptors (Lipinski definition) is 6. The SMILES string of the molecule is CC(=O)NC[C@@H]1OC(=O)N2c3cc(F)c(C4=CCN(C(=O)[C@@H]5CCCN5)CC4)cc3OC[C@@H]12. The van der Waals surface area contributed by atoms with Crippen LogP contribution >= 0.6 is 0 Å². The first kappa shape index (κ1) is 21.7. The number of fused-ring (bicyclic) bond motifs is 3. The third-order valence-electron chi connectivity index (χ3n) is 6.70. The summed E-state index contributed by atoms with van der Waals surface area (Å²) in [6, 6.07) is 2.37. The van der Waals surface area contributed by atoms with Gasteiger partial charge in [0.15, 0.2) is 0 Å². The summed E-state index contributed by atoms with van der Waals surface area (Å²) in [4.78, 5) is 39.5. The highest BCUT2D eigenvalue weighted by atomic mass is 19.1. The Morgan fingerprint density at radius 2 is 2.18 bits per heavy atom. The minimum absolute atomic E-state index is 0.101. The number of nitrogens with one attached hydrogen (secondary N) is 2. The number of carbonyl (C=O) groups excluding carboxylic acids is 3. The zero-order valence-corrected chi connectivity index (χ0v) is 18.4. The van der Waals surface area contributed by atoms with Gasteiger partial charge < -0.3 is 25.0 Å². The van der Waals surface area contributed by atoms with Crippen LogP contribution < -0.4 is 20.3 Å². The van der Waals surface area contributed by atoms with Gasteiger partial charge in [-0.15, -0.1) is 0 Å². The van der Waals surface area contributed by atoms with Gasteiger partial charge in [0.1, 0.15) is 30.3 Å². The van der Waals surface area contributed by atoms with Crippen molar-refractivity contribution >= 4 is 29.2 Å². The predicted molar refractivity (Wildman–Crippen MR) is 117 cm³/mol. The van der Waals surface area contributed by atoms with E-state index in [1.54, 1.807) is 11.0 Å². The Morgan fingerprint density at radius 1 is 1.33 bits per heavy atom. The molecule has 1 aromatic rings. The van der Waals surface area contributed by atoms with Crippen LogP contribution in [0.25, 0.3) is 5.57 Å². The zero-order valence-electron chi connectivity index (χ0n) is 18.4. The molecule has 9 nitrogen and oxygen atoms in total. The molecule has 1 aromatic carbocycles. The Hall–Kier alpha value is -3.14. The van der Waals surface area contributed by atoms with Crippen LogP contribution in [-0.4, -0.2) is 73.8 Å². The molecule has 3 atom stereocenters. The lowest BCUT2D eigenvalue weighted by molar-refractivity contribution is -0.132. The zero-order chi connectivity index (χ0) is 23.1. The van der Waals surface area contributed by atoms with E-state index in [2.05, 4.69) is 10.6 Å². The van der Waals surface area contributed by atoms with Crippen LogP contribution in [0.4, 0.5) is 14.9 Å². The van der Waals surface area contributed by atoms with Gasteiger partial charge in [0, 0.05) is 31.6 Å². The van der Waals surface area contributed by atoms with Gasteiger partial charge in [0.25, 0.3) is 0 Å². The molecular weight excluding hydrogens is 431 g/mol. The van der Waals surface area contributed by atoms with E-state index in [0.29, 0.717) is 36.5 Å². The fourth-order valence-corrected chi connectivity index (χ4v) is 4.95. The maximum atomic E-state index is 15.2. The standard InChI is InChI=1S/C23H27FN4O5/c1-13(29)26-11-21-19-12-32-20-9-15(16(24)10-18(20)28(19)23(31)33-21)14-4-7-27(8-5-14)22(30)17-3-2-6-25-17/h4,9-10,17,19,21,25H,2-3,5-8,11-12H2,1H3,(H,26,29)/t17-,19-,21-/m0/s1. The van der Waals surface area contributed by atoms with Gasteiger partial charge in [-0.1, -0.05) is 6.08 Å². The lowest BCUT2D eigenvalue weighted by atomic mass is 9.96. The van der Waals surface area contributed by atoms with E-state index in [-0.39, 0.29) is 31.0 Å². The van der Waals surface area contributed by atoms with E-state index in [1.165, 1.54) is 17.9 Å². The van der Waals surface area contributed by atoms with Crippen molar-refractivity contribution in [3.05, 3.63) is 29.6 Å². The van der Waals surface area contributed by atoms with E-state index in [0.717, 1.165) is 25.0 Å². The van der Waals surface area contributed by atoms with Gasteiger partial charge in [-0.3, -0.25) is 14.5 Å². The number of nitrogens with zero attached hydrogens (tertiary/aromatic N) is 2. The molecule has 4 aliphatic rings. The van der Waals surface area contributed by atoms with E-state index < -0.39 is 24.1 Å². The number of amides is 3. The summed E-state index contributed by atoms with van der Waals surface area (Å²) in [5.74, 6) is -0.170. The van der Waals surface area contributed by atoms with Crippen LogP contribution in [0.5, 0.6) is 5.75 Å². The fraction of sp³-hybridized carbons (Fsp3) is 0.522. The second kappa shape index (κ2) is 8.66.